The van der Waals surface area contributed by atoms with Crippen LogP contribution in [0.2, 0.25) is 0 Å². The summed E-state index contributed by atoms with van der Waals surface area (Å²) in [6.45, 7) is 6.00. The molecule has 0 spiro atoms. The molecule has 0 aromatic carbocycles. The van der Waals surface area contributed by atoms with Gasteiger partial charge in [0.2, 0.25) is 0 Å². The van der Waals surface area contributed by atoms with Crippen LogP contribution < -0.4 is 5.73 Å². The molecule has 1 saturated carbocycles. The van der Waals surface area contributed by atoms with E-state index in [4.69, 9.17) is 12.2 Å². The van der Waals surface area contributed by atoms with E-state index >= 15 is 0 Å². The fourth-order valence-electron chi connectivity index (χ4n) is 2.86. The van der Waals surface area contributed by atoms with Gasteiger partial charge < -0.3 is 5.73 Å². The van der Waals surface area contributed by atoms with E-state index in [-0.39, 0.29) is 0 Å². The Kier molecular flexibility index (Phi) is 5.87. The van der Waals surface area contributed by atoms with Crippen LogP contribution >= 0.6 is 0 Å². The number of nitrogens with zero attached hydrogens (tertiary/aromatic N) is 1. The SMILES string of the molecule is C#CCN(CCC)CC1(CN)CCCCC1. The smallest absolute Gasteiger partial charge is 0.0599 e. The van der Waals surface area contributed by atoms with Crippen LogP contribution in [-0.2, 0) is 0 Å². The minimum Gasteiger partial charge on any atom is -0.330 e. The van der Waals surface area contributed by atoms with Crippen molar-refractivity contribution < 1.29 is 0 Å². The Morgan fingerprint density at radius 3 is 2.50 bits per heavy atom. The van der Waals surface area contributed by atoms with Crippen LogP contribution in [0.5, 0.6) is 0 Å². The number of rotatable bonds is 6. The van der Waals surface area contributed by atoms with Crippen LogP contribution in [0.3, 0.4) is 0 Å². The summed E-state index contributed by atoms with van der Waals surface area (Å²) in [5.74, 6) is 2.77. The molecule has 92 valence electrons. The minimum absolute atomic E-state index is 0.351. The third kappa shape index (κ3) is 3.81. The highest BCUT2D eigenvalue weighted by Gasteiger charge is 2.32. The number of hydrogen-bond acceptors (Lipinski definition) is 2. The predicted octanol–water partition coefficient (Wildman–Crippen LogP) is 2.24. The van der Waals surface area contributed by atoms with Gasteiger partial charge in [0, 0.05) is 6.54 Å². The normalized spacial score (nSPS) is 19.6. The molecule has 1 aliphatic rings. The van der Waals surface area contributed by atoms with Crippen LogP contribution in [-0.4, -0.2) is 31.1 Å². The van der Waals surface area contributed by atoms with Gasteiger partial charge in [0.05, 0.1) is 6.54 Å². The van der Waals surface area contributed by atoms with Gasteiger partial charge in [0.25, 0.3) is 0 Å². The van der Waals surface area contributed by atoms with Gasteiger partial charge in [-0.15, -0.1) is 6.42 Å². The van der Waals surface area contributed by atoms with E-state index in [0.717, 1.165) is 26.2 Å². The zero-order valence-corrected chi connectivity index (χ0v) is 10.7. The van der Waals surface area contributed by atoms with Crippen molar-refractivity contribution in [2.75, 3.05) is 26.2 Å². The van der Waals surface area contributed by atoms with Crippen molar-refractivity contribution in [3.8, 4) is 12.3 Å². The first-order chi connectivity index (χ1) is 7.76. The van der Waals surface area contributed by atoms with Crippen LogP contribution in [0.4, 0.5) is 0 Å². The molecule has 0 unspecified atom stereocenters. The zero-order chi connectivity index (χ0) is 11.9. The van der Waals surface area contributed by atoms with Gasteiger partial charge in [-0.3, -0.25) is 4.90 Å². The standard InChI is InChI=1S/C14H26N2/c1-3-10-16(11-4-2)13-14(12-15)8-6-5-7-9-14/h1H,4-13,15H2,2H3. The van der Waals surface area contributed by atoms with Crippen molar-refractivity contribution in [3.05, 3.63) is 0 Å². The predicted molar refractivity (Wildman–Crippen MR) is 70.1 cm³/mol. The van der Waals surface area contributed by atoms with Crippen molar-refractivity contribution in [3.63, 3.8) is 0 Å². The van der Waals surface area contributed by atoms with Crippen molar-refractivity contribution in [2.24, 2.45) is 11.1 Å². The number of terminal acetylenes is 1. The Bertz CT molecular complexity index is 223. The molecule has 0 saturated heterocycles. The van der Waals surface area contributed by atoms with E-state index in [9.17, 15) is 0 Å². The van der Waals surface area contributed by atoms with Gasteiger partial charge >= 0.3 is 0 Å². The Hall–Kier alpha value is -0.520. The monoisotopic (exact) mass is 222 g/mol. The Balaban J connectivity index is 2.54. The first-order valence-corrected chi connectivity index (χ1v) is 6.62. The first-order valence-electron chi connectivity index (χ1n) is 6.62. The zero-order valence-electron chi connectivity index (χ0n) is 10.7. The molecule has 0 radical (unpaired) electrons. The molecule has 0 aliphatic heterocycles. The molecule has 2 heteroatoms. The fourth-order valence-corrected chi connectivity index (χ4v) is 2.86. The maximum atomic E-state index is 6.00. The van der Waals surface area contributed by atoms with Crippen molar-refractivity contribution in [2.45, 2.75) is 45.4 Å². The Morgan fingerprint density at radius 1 is 1.31 bits per heavy atom. The molecule has 1 rings (SSSR count). The second-order valence-electron chi connectivity index (χ2n) is 5.18. The molecular weight excluding hydrogens is 196 g/mol. The third-order valence-electron chi connectivity index (χ3n) is 3.76. The molecule has 16 heavy (non-hydrogen) atoms. The van der Waals surface area contributed by atoms with Crippen molar-refractivity contribution in [1.29, 1.82) is 0 Å². The maximum Gasteiger partial charge on any atom is 0.0599 e. The molecule has 0 amide bonds. The highest BCUT2D eigenvalue weighted by atomic mass is 15.1. The molecule has 1 aliphatic carbocycles. The lowest BCUT2D eigenvalue weighted by atomic mass is 9.73. The minimum atomic E-state index is 0.351. The molecular formula is C14H26N2. The quantitative estimate of drug-likeness (QED) is 0.698. The summed E-state index contributed by atoms with van der Waals surface area (Å²) < 4.78 is 0. The first kappa shape index (κ1) is 13.5. The van der Waals surface area contributed by atoms with E-state index in [1.54, 1.807) is 0 Å². The van der Waals surface area contributed by atoms with Gasteiger partial charge in [-0.05, 0) is 37.8 Å². The summed E-state index contributed by atoms with van der Waals surface area (Å²) in [4.78, 5) is 2.40. The third-order valence-corrected chi connectivity index (χ3v) is 3.76. The molecule has 2 nitrogen and oxygen atoms in total. The molecule has 0 aromatic heterocycles. The van der Waals surface area contributed by atoms with Crippen LogP contribution in [0.15, 0.2) is 0 Å². The van der Waals surface area contributed by atoms with Crippen LogP contribution in [0, 0.1) is 17.8 Å². The fraction of sp³-hybridized carbons (Fsp3) is 0.857. The van der Waals surface area contributed by atoms with E-state index in [1.807, 2.05) is 0 Å². The van der Waals surface area contributed by atoms with E-state index in [0.29, 0.717) is 5.41 Å². The van der Waals surface area contributed by atoms with E-state index in [1.165, 1.54) is 38.5 Å². The summed E-state index contributed by atoms with van der Waals surface area (Å²) in [6.07, 6.45) is 13.2. The maximum absolute atomic E-state index is 6.00. The summed E-state index contributed by atoms with van der Waals surface area (Å²) in [6, 6.07) is 0. The van der Waals surface area contributed by atoms with Gasteiger partial charge in [-0.2, -0.15) is 0 Å². The number of nitrogens with two attached hydrogens (primary N) is 1. The van der Waals surface area contributed by atoms with Gasteiger partial charge in [0.1, 0.15) is 0 Å². The lowest BCUT2D eigenvalue weighted by Gasteiger charge is -2.40. The molecule has 0 atom stereocenters. The highest BCUT2D eigenvalue weighted by molar-refractivity contribution is 4.92. The van der Waals surface area contributed by atoms with Crippen LogP contribution in [0.25, 0.3) is 0 Å². The van der Waals surface area contributed by atoms with E-state index < -0.39 is 0 Å². The van der Waals surface area contributed by atoms with E-state index in [2.05, 4.69) is 17.7 Å². The average molecular weight is 222 g/mol. The molecule has 1 fully saturated rings. The second-order valence-corrected chi connectivity index (χ2v) is 5.18. The number of hydrogen-bond donors (Lipinski definition) is 1. The van der Waals surface area contributed by atoms with Gasteiger partial charge in [0.15, 0.2) is 0 Å². The molecule has 0 heterocycles. The Labute approximate surface area is 101 Å². The summed E-state index contributed by atoms with van der Waals surface area (Å²) in [5.41, 5.74) is 6.35. The van der Waals surface area contributed by atoms with Crippen LogP contribution in [0.1, 0.15) is 45.4 Å². The lowest BCUT2D eigenvalue weighted by molar-refractivity contribution is 0.120. The average Bonchev–Trinajstić information content (AvgIpc) is 2.31. The Morgan fingerprint density at radius 2 is 2.00 bits per heavy atom. The summed E-state index contributed by atoms with van der Waals surface area (Å²) in [7, 11) is 0. The van der Waals surface area contributed by atoms with Gasteiger partial charge in [-0.25, -0.2) is 0 Å². The van der Waals surface area contributed by atoms with Gasteiger partial charge in [-0.1, -0.05) is 32.1 Å². The molecule has 2 N–H and O–H groups in total. The largest absolute Gasteiger partial charge is 0.330 e. The molecule has 0 bridgehead atoms. The molecule has 0 aromatic rings. The van der Waals surface area contributed by atoms with Crippen molar-refractivity contribution >= 4 is 0 Å². The highest BCUT2D eigenvalue weighted by Crippen LogP contribution is 2.36. The second kappa shape index (κ2) is 6.93. The summed E-state index contributed by atoms with van der Waals surface area (Å²) in [5, 5.41) is 0. The van der Waals surface area contributed by atoms with Crippen molar-refractivity contribution in [1.82, 2.24) is 4.90 Å². The topological polar surface area (TPSA) is 29.3 Å². The lowest BCUT2D eigenvalue weighted by Crippen LogP contribution is -2.44. The summed E-state index contributed by atoms with van der Waals surface area (Å²) >= 11 is 0.